The van der Waals surface area contributed by atoms with Gasteiger partial charge in [-0.25, -0.2) is 5.43 Å². The number of carbonyl (C=O) groups excluding carboxylic acids is 1. The maximum Gasteiger partial charge on any atom is 0.272 e. The summed E-state index contributed by atoms with van der Waals surface area (Å²) < 4.78 is 6.41. The second-order valence-electron chi connectivity index (χ2n) is 6.59. The van der Waals surface area contributed by atoms with Gasteiger partial charge in [-0.1, -0.05) is 29.8 Å². The molecule has 0 aliphatic carbocycles. The first-order chi connectivity index (χ1) is 14.8. The number of hydrazone groups is 1. The molecule has 1 N–H and O–H groups in total. The van der Waals surface area contributed by atoms with Crippen LogP contribution in [0.4, 0.5) is 5.69 Å². The van der Waals surface area contributed by atoms with Crippen molar-refractivity contribution in [3.63, 3.8) is 0 Å². The third-order valence-electron chi connectivity index (χ3n) is 4.22. The third kappa shape index (κ3) is 6.13. The second-order valence-corrected chi connectivity index (χ2v) is 7.85. The van der Waals surface area contributed by atoms with E-state index in [1.807, 2.05) is 6.92 Å². The molecule has 0 bridgehead atoms. The van der Waals surface area contributed by atoms with E-state index in [1.165, 1.54) is 18.3 Å². The van der Waals surface area contributed by atoms with Crippen LogP contribution in [0.5, 0.6) is 5.75 Å². The van der Waals surface area contributed by atoms with Crippen molar-refractivity contribution >= 4 is 45.3 Å². The molecular weight excluding hydrogens is 486 g/mol. The lowest BCUT2D eigenvalue weighted by molar-refractivity contribution is -0.384. The maximum atomic E-state index is 12.2. The number of non-ortho nitro benzene ring substituents is 1. The fourth-order valence-corrected chi connectivity index (χ4v) is 3.50. The van der Waals surface area contributed by atoms with Gasteiger partial charge in [0.2, 0.25) is 0 Å². The molecule has 0 fully saturated rings. The van der Waals surface area contributed by atoms with Crippen molar-refractivity contribution in [1.29, 1.82) is 0 Å². The molecule has 0 saturated heterocycles. The Hall–Kier alpha value is -3.23. The predicted molar refractivity (Wildman–Crippen MR) is 123 cm³/mol. The molecule has 0 atom stereocenters. The predicted octanol–water partition coefficient (Wildman–Crippen LogP) is 5.66. The average molecular weight is 503 g/mol. The monoisotopic (exact) mass is 501 g/mol. The quantitative estimate of drug-likeness (QED) is 0.256. The van der Waals surface area contributed by atoms with Gasteiger partial charge in [0.1, 0.15) is 12.4 Å². The number of hydrogen-bond donors (Lipinski definition) is 1. The third-order valence-corrected chi connectivity index (χ3v) is 5.15. The smallest absolute Gasteiger partial charge is 0.272 e. The summed E-state index contributed by atoms with van der Waals surface area (Å²) in [5.41, 5.74) is 5.18. The minimum absolute atomic E-state index is 0.0145. The zero-order chi connectivity index (χ0) is 22.4. The molecule has 3 aromatic carbocycles. The lowest BCUT2D eigenvalue weighted by Gasteiger charge is -2.09. The Bertz CT molecular complexity index is 1170. The van der Waals surface area contributed by atoms with Crippen LogP contribution in [0.3, 0.4) is 0 Å². The summed E-state index contributed by atoms with van der Waals surface area (Å²) in [7, 11) is 0. The van der Waals surface area contributed by atoms with Gasteiger partial charge >= 0.3 is 0 Å². The van der Waals surface area contributed by atoms with Crippen molar-refractivity contribution in [2.24, 2.45) is 5.10 Å². The van der Waals surface area contributed by atoms with Crippen molar-refractivity contribution in [1.82, 2.24) is 5.43 Å². The highest BCUT2D eigenvalue weighted by molar-refractivity contribution is 9.10. The van der Waals surface area contributed by atoms with Crippen LogP contribution >= 0.6 is 27.5 Å². The minimum atomic E-state index is -0.445. The van der Waals surface area contributed by atoms with Gasteiger partial charge in [0.25, 0.3) is 11.6 Å². The summed E-state index contributed by atoms with van der Waals surface area (Å²) in [5.74, 6) is 0.163. The Morgan fingerprint density at radius 3 is 2.74 bits per heavy atom. The minimum Gasteiger partial charge on any atom is -0.488 e. The first kappa shape index (κ1) is 22.5. The molecule has 0 heterocycles. The highest BCUT2D eigenvalue weighted by Gasteiger charge is 2.10. The lowest BCUT2D eigenvalue weighted by Crippen LogP contribution is -2.18. The number of nitrogens with one attached hydrogen (secondary N) is 1. The van der Waals surface area contributed by atoms with E-state index in [0.29, 0.717) is 26.4 Å². The number of hydrogen-bond acceptors (Lipinski definition) is 5. The molecule has 31 heavy (non-hydrogen) atoms. The van der Waals surface area contributed by atoms with Crippen molar-refractivity contribution in [2.45, 2.75) is 13.5 Å². The molecule has 0 saturated carbocycles. The van der Waals surface area contributed by atoms with Gasteiger partial charge in [0, 0.05) is 12.1 Å². The molecule has 0 aromatic heterocycles. The molecule has 0 unspecified atom stereocenters. The van der Waals surface area contributed by atoms with E-state index < -0.39 is 10.8 Å². The molecule has 0 spiro atoms. The summed E-state index contributed by atoms with van der Waals surface area (Å²) >= 11 is 9.52. The van der Waals surface area contributed by atoms with Gasteiger partial charge in [-0.3, -0.25) is 14.9 Å². The van der Waals surface area contributed by atoms with Crippen molar-refractivity contribution < 1.29 is 14.5 Å². The topological polar surface area (TPSA) is 93.8 Å². The highest BCUT2D eigenvalue weighted by atomic mass is 79.9. The van der Waals surface area contributed by atoms with Gasteiger partial charge in [-0.15, -0.1) is 0 Å². The molecule has 3 aromatic rings. The van der Waals surface area contributed by atoms with E-state index in [1.54, 1.807) is 48.5 Å². The maximum absolute atomic E-state index is 12.2. The van der Waals surface area contributed by atoms with Crippen LogP contribution in [0.1, 0.15) is 27.0 Å². The fourth-order valence-electron chi connectivity index (χ4n) is 2.67. The molecular formula is C22H17BrClN3O4. The van der Waals surface area contributed by atoms with Crippen LogP contribution in [-0.2, 0) is 6.61 Å². The SMILES string of the molecule is Cc1ccc(C(=O)N/N=C\c2ccc(OCc3cccc([N+](=O)[O-])c3)c(Br)c2)c(Cl)c1. The first-order valence-electron chi connectivity index (χ1n) is 9.09. The molecule has 158 valence electrons. The molecule has 1 amide bonds. The van der Waals surface area contributed by atoms with Gasteiger partial charge in [0.05, 0.1) is 26.2 Å². The largest absolute Gasteiger partial charge is 0.488 e. The Balaban J connectivity index is 1.60. The fraction of sp³-hybridized carbons (Fsp3) is 0.0909. The van der Waals surface area contributed by atoms with Crippen LogP contribution in [0.2, 0.25) is 5.02 Å². The Morgan fingerprint density at radius 1 is 1.23 bits per heavy atom. The normalized spacial score (nSPS) is 10.8. The van der Waals surface area contributed by atoms with Gasteiger partial charge in [0.15, 0.2) is 0 Å². The number of nitro groups is 1. The van der Waals surface area contributed by atoms with Crippen molar-refractivity contribution in [3.8, 4) is 5.75 Å². The van der Waals surface area contributed by atoms with Crippen molar-refractivity contribution in [3.05, 3.63) is 103 Å². The Kier molecular flexibility index (Phi) is 7.38. The van der Waals surface area contributed by atoms with Crippen LogP contribution in [0.25, 0.3) is 0 Å². The number of nitrogens with zero attached hydrogens (tertiary/aromatic N) is 2. The second kappa shape index (κ2) is 10.2. The van der Waals surface area contributed by atoms with Gasteiger partial charge in [-0.2, -0.15) is 5.10 Å². The van der Waals surface area contributed by atoms with Gasteiger partial charge < -0.3 is 4.74 Å². The highest BCUT2D eigenvalue weighted by Crippen LogP contribution is 2.27. The van der Waals surface area contributed by atoms with Crippen LogP contribution in [-0.4, -0.2) is 17.0 Å². The number of aryl methyl sites for hydroxylation is 1. The number of halogens is 2. The molecule has 0 aliphatic rings. The first-order valence-corrected chi connectivity index (χ1v) is 10.3. The summed E-state index contributed by atoms with van der Waals surface area (Å²) in [6, 6.07) is 16.7. The Morgan fingerprint density at radius 2 is 2.03 bits per heavy atom. The van der Waals surface area contributed by atoms with E-state index in [-0.39, 0.29) is 12.3 Å². The van der Waals surface area contributed by atoms with E-state index in [2.05, 4.69) is 26.5 Å². The van der Waals surface area contributed by atoms with Gasteiger partial charge in [-0.05, 0) is 69.9 Å². The number of amides is 1. The van der Waals surface area contributed by atoms with Crippen LogP contribution in [0, 0.1) is 17.0 Å². The van der Waals surface area contributed by atoms with Crippen LogP contribution in [0.15, 0.2) is 70.2 Å². The molecule has 7 nitrogen and oxygen atoms in total. The van der Waals surface area contributed by atoms with Crippen molar-refractivity contribution in [2.75, 3.05) is 0 Å². The van der Waals surface area contributed by atoms with E-state index in [9.17, 15) is 14.9 Å². The van der Waals surface area contributed by atoms with E-state index in [4.69, 9.17) is 16.3 Å². The summed E-state index contributed by atoms with van der Waals surface area (Å²) in [6.07, 6.45) is 1.50. The lowest BCUT2D eigenvalue weighted by atomic mass is 10.1. The summed E-state index contributed by atoms with van der Waals surface area (Å²) in [5, 5.41) is 15.2. The zero-order valence-electron chi connectivity index (χ0n) is 16.3. The standard InChI is InChI=1S/C22H17BrClN3O4/c1-14-5-7-18(20(24)9-14)22(28)26-25-12-15-6-8-21(19(23)11-15)31-13-16-3-2-4-17(10-16)27(29)30/h2-12H,13H2,1H3,(H,26,28)/b25-12-. The molecule has 0 aliphatic heterocycles. The number of carbonyl (C=O) groups is 1. The number of benzene rings is 3. The van der Waals surface area contributed by atoms with E-state index in [0.717, 1.165) is 11.1 Å². The average Bonchev–Trinajstić information content (AvgIpc) is 2.73. The molecule has 3 rings (SSSR count). The summed E-state index contributed by atoms with van der Waals surface area (Å²) in [4.78, 5) is 22.6. The van der Waals surface area contributed by atoms with E-state index >= 15 is 0 Å². The molecule has 9 heteroatoms. The summed E-state index contributed by atoms with van der Waals surface area (Å²) in [6.45, 7) is 2.07. The molecule has 0 radical (unpaired) electrons. The number of rotatable bonds is 7. The number of ether oxygens (including phenoxy) is 1. The number of nitro benzene ring substituents is 1. The zero-order valence-corrected chi connectivity index (χ0v) is 18.7. The van der Waals surface area contributed by atoms with Crippen LogP contribution < -0.4 is 10.2 Å². The Labute approximate surface area is 192 Å².